The predicted octanol–water partition coefficient (Wildman–Crippen LogP) is 1.77. The number of anilines is 1. The maximum Gasteiger partial charge on any atom is 0.308 e. The van der Waals surface area contributed by atoms with Gasteiger partial charge in [0.1, 0.15) is 5.82 Å². The Labute approximate surface area is 126 Å². The largest absolute Gasteiger partial charge is 0.481 e. The van der Waals surface area contributed by atoms with Crippen molar-refractivity contribution in [2.45, 2.75) is 32.2 Å². The van der Waals surface area contributed by atoms with E-state index < -0.39 is 35.6 Å². The average Bonchev–Trinajstić information content (AvgIpc) is 2.89. The summed E-state index contributed by atoms with van der Waals surface area (Å²) in [5.41, 5.74) is 0.0857. The predicted molar refractivity (Wildman–Crippen MR) is 76.9 cm³/mol. The number of benzene rings is 1. The highest BCUT2D eigenvalue weighted by Crippen LogP contribution is 2.26. The van der Waals surface area contributed by atoms with Crippen molar-refractivity contribution in [1.82, 2.24) is 5.32 Å². The van der Waals surface area contributed by atoms with Crippen molar-refractivity contribution in [3.8, 4) is 0 Å². The summed E-state index contributed by atoms with van der Waals surface area (Å²) < 4.78 is 13.5. The summed E-state index contributed by atoms with van der Waals surface area (Å²) in [5.74, 6) is -3.10. The summed E-state index contributed by atoms with van der Waals surface area (Å²) >= 11 is 0. The molecule has 1 aliphatic rings. The first-order valence-corrected chi connectivity index (χ1v) is 6.99. The second-order valence-corrected chi connectivity index (χ2v) is 5.33. The zero-order chi connectivity index (χ0) is 16.3. The molecular weight excluding hydrogens is 291 g/mol. The second-order valence-electron chi connectivity index (χ2n) is 5.33. The van der Waals surface area contributed by atoms with Crippen LogP contribution in [-0.4, -0.2) is 28.9 Å². The van der Waals surface area contributed by atoms with E-state index in [2.05, 4.69) is 10.6 Å². The Morgan fingerprint density at radius 3 is 2.64 bits per heavy atom. The molecule has 1 saturated carbocycles. The summed E-state index contributed by atoms with van der Waals surface area (Å²) in [6.07, 6.45) is 1.87. The number of nitrogens with one attached hydrogen (secondary N) is 2. The number of hydrogen-bond acceptors (Lipinski definition) is 3. The van der Waals surface area contributed by atoms with Gasteiger partial charge in [-0.3, -0.25) is 14.4 Å². The van der Waals surface area contributed by atoms with Crippen LogP contribution in [0.25, 0.3) is 0 Å². The van der Waals surface area contributed by atoms with Crippen molar-refractivity contribution in [2.75, 3.05) is 5.32 Å². The fourth-order valence-corrected chi connectivity index (χ4v) is 2.63. The van der Waals surface area contributed by atoms with Gasteiger partial charge in [-0.1, -0.05) is 6.42 Å². The van der Waals surface area contributed by atoms with Crippen LogP contribution in [-0.2, 0) is 9.59 Å². The van der Waals surface area contributed by atoms with Crippen LogP contribution in [0, 0.1) is 11.7 Å². The van der Waals surface area contributed by atoms with Gasteiger partial charge in [0.25, 0.3) is 5.91 Å². The van der Waals surface area contributed by atoms with E-state index in [-0.39, 0.29) is 11.3 Å². The molecule has 0 spiro atoms. The Bertz CT molecular complexity index is 618. The fourth-order valence-electron chi connectivity index (χ4n) is 2.63. The molecule has 7 heteroatoms. The Morgan fingerprint density at radius 2 is 2.00 bits per heavy atom. The number of carbonyl (C=O) groups is 3. The minimum absolute atomic E-state index is 0.0821. The Balaban J connectivity index is 2.12. The minimum Gasteiger partial charge on any atom is -0.481 e. The van der Waals surface area contributed by atoms with Gasteiger partial charge in [-0.2, -0.15) is 0 Å². The lowest BCUT2D eigenvalue weighted by molar-refractivity contribution is -0.142. The van der Waals surface area contributed by atoms with Crippen LogP contribution < -0.4 is 10.6 Å². The van der Waals surface area contributed by atoms with Crippen LogP contribution in [0.1, 0.15) is 36.5 Å². The maximum absolute atomic E-state index is 13.5. The number of carbonyl (C=O) groups excluding carboxylic acids is 2. The number of aliphatic carboxylic acids is 1. The Hall–Kier alpha value is -2.44. The van der Waals surface area contributed by atoms with E-state index in [4.69, 9.17) is 5.11 Å². The van der Waals surface area contributed by atoms with Gasteiger partial charge >= 0.3 is 5.97 Å². The topological polar surface area (TPSA) is 95.5 Å². The fraction of sp³-hybridized carbons (Fsp3) is 0.400. The number of carboxylic acids is 1. The summed E-state index contributed by atoms with van der Waals surface area (Å²) in [6.45, 7) is 1.24. The van der Waals surface area contributed by atoms with Crippen molar-refractivity contribution in [3.05, 3.63) is 29.6 Å². The Morgan fingerprint density at radius 1 is 1.27 bits per heavy atom. The first-order chi connectivity index (χ1) is 10.4. The molecule has 1 fully saturated rings. The molecular formula is C15H17FN2O4. The summed E-state index contributed by atoms with van der Waals surface area (Å²) in [6, 6.07) is 3.18. The second kappa shape index (κ2) is 6.55. The van der Waals surface area contributed by atoms with Gasteiger partial charge < -0.3 is 15.7 Å². The summed E-state index contributed by atoms with van der Waals surface area (Å²) in [4.78, 5) is 34.3. The number of amides is 2. The third-order valence-electron chi connectivity index (χ3n) is 3.69. The molecule has 1 aromatic rings. The number of rotatable bonds is 4. The lowest BCUT2D eigenvalue weighted by Gasteiger charge is -2.18. The van der Waals surface area contributed by atoms with Gasteiger partial charge in [-0.15, -0.1) is 0 Å². The number of halogens is 1. The van der Waals surface area contributed by atoms with Gasteiger partial charge in [0, 0.05) is 18.5 Å². The highest BCUT2D eigenvalue weighted by atomic mass is 19.1. The van der Waals surface area contributed by atoms with Gasteiger partial charge in [0.15, 0.2) is 0 Å². The number of hydrogen-bond donors (Lipinski definition) is 3. The smallest absolute Gasteiger partial charge is 0.308 e. The van der Waals surface area contributed by atoms with Crippen LogP contribution in [0.5, 0.6) is 0 Å². The van der Waals surface area contributed by atoms with E-state index >= 15 is 0 Å². The molecule has 3 N–H and O–H groups in total. The van der Waals surface area contributed by atoms with Gasteiger partial charge in [0.05, 0.1) is 11.6 Å². The van der Waals surface area contributed by atoms with E-state index in [0.29, 0.717) is 12.8 Å². The molecule has 1 aliphatic carbocycles. The zero-order valence-corrected chi connectivity index (χ0v) is 12.1. The van der Waals surface area contributed by atoms with E-state index in [1.165, 1.54) is 19.1 Å². The van der Waals surface area contributed by atoms with Crippen molar-refractivity contribution in [1.29, 1.82) is 0 Å². The highest BCUT2D eigenvalue weighted by molar-refractivity contribution is 5.97. The molecule has 0 heterocycles. The molecule has 0 saturated heterocycles. The van der Waals surface area contributed by atoms with E-state index in [1.54, 1.807) is 0 Å². The minimum atomic E-state index is -0.930. The van der Waals surface area contributed by atoms with Crippen molar-refractivity contribution >= 4 is 23.5 Å². The number of carboxylic acid groups (broad SMARTS) is 1. The van der Waals surface area contributed by atoms with Crippen molar-refractivity contribution in [2.24, 2.45) is 5.92 Å². The molecule has 0 bridgehead atoms. The molecule has 2 rings (SSSR count). The summed E-state index contributed by atoms with van der Waals surface area (Å²) in [7, 11) is 0. The molecule has 2 atom stereocenters. The average molecular weight is 308 g/mol. The highest BCUT2D eigenvalue weighted by Gasteiger charge is 2.34. The SMILES string of the molecule is CC(=O)Nc1cc(C(=O)N[C@@H]2CCC[C@@H]2C(=O)O)ccc1F. The molecule has 22 heavy (non-hydrogen) atoms. The van der Waals surface area contributed by atoms with Crippen molar-refractivity contribution < 1.29 is 23.9 Å². The van der Waals surface area contributed by atoms with Crippen LogP contribution >= 0.6 is 0 Å². The lowest BCUT2D eigenvalue weighted by atomic mass is 10.0. The first kappa shape index (κ1) is 15.9. The molecule has 0 radical (unpaired) electrons. The zero-order valence-electron chi connectivity index (χ0n) is 12.1. The monoisotopic (exact) mass is 308 g/mol. The summed E-state index contributed by atoms with van der Waals surface area (Å²) in [5, 5.41) is 14.1. The molecule has 0 aromatic heterocycles. The molecule has 2 amide bonds. The first-order valence-electron chi connectivity index (χ1n) is 6.99. The standard InChI is InChI=1S/C15H17FN2O4/c1-8(19)17-13-7-9(5-6-11(13)16)14(20)18-12-4-2-3-10(12)15(21)22/h5-7,10,12H,2-4H2,1H3,(H,17,19)(H,18,20)(H,21,22)/t10-,12+/m0/s1. The van der Waals surface area contributed by atoms with Crippen molar-refractivity contribution in [3.63, 3.8) is 0 Å². The molecule has 1 aromatic carbocycles. The maximum atomic E-state index is 13.5. The normalized spacial score (nSPS) is 20.5. The molecule has 0 unspecified atom stereocenters. The van der Waals surface area contributed by atoms with Gasteiger partial charge in [-0.05, 0) is 31.0 Å². The molecule has 6 nitrogen and oxygen atoms in total. The quantitative estimate of drug-likeness (QED) is 0.790. The molecule has 118 valence electrons. The third kappa shape index (κ3) is 3.60. The van der Waals surface area contributed by atoms with E-state index in [0.717, 1.165) is 12.5 Å². The lowest BCUT2D eigenvalue weighted by Crippen LogP contribution is -2.40. The third-order valence-corrected chi connectivity index (χ3v) is 3.69. The molecule has 0 aliphatic heterocycles. The van der Waals surface area contributed by atoms with Crippen LogP contribution in [0.4, 0.5) is 10.1 Å². The van der Waals surface area contributed by atoms with Gasteiger partial charge in [-0.25, -0.2) is 4.39 Å². The van der Waals surface area contributed by atoms with Crippen LogP contribution in [0.3, 0.4) is 0 Å². The van der Waals surface area contributed by atoms with E-state index in [1.807, 2.05) is 0 Å². The van der Waals surface area contributed by atoms with Gasteiger partial charge in [0.2, 0.25) is 5.91 Å². The van der Waals surface area contributed by atoms with Crippen LogP contribution in [0.2, 0.25) is 0 Å². The van der Waals surface area contributed by atoms with E-state index in [9.17, 15) is 18.8 Å². The Kier molecular flexibility index (Phi) is 4.75. The van der Waals surface area contributed by atoms with Crippen LogP contribution in [0.15, 0.2) is 18.2 Å².